The quantitative estimate of drug-likeness (QED) is 0.859. The van der Waals surface area contributed by atoms with Crippen LogP contribution in [0.3, 0.4) is 0 Å². The average Bonchev–Trinajstić information content (AvgIpc) is 2.43. The summed E-state index contributed by atoms with van der Waals surface area (Å²) in [5.74, 6) is 1.03. The van der Waals surface area contributed by atoms with Crippen molar-refractivity contribution in [3.05, 3.63) is 28.2 Å². The van der Waals surface area contributed by atoms with Crippen LogP contribution in [0.25, 0.3) is 0 Å². The number of nitrogens with one attached hydrogen (secondary N) is 1. The Morgan fingerprint density at radius 3 is 2.86 bits per heavy atom. The van der Waals surface area contributed by atoms with Gasteiger partial charge in [0.05, 0.1) is 6.10 Å². The summed E-state index contributed by atoms with van der Waals surface area (Å²) in [6.45, 7) is 6.11. The molecule has 1 aliphatic heterocycles. The van der Waals surface area contributed by atoms with Crippen LogP contribution in [0.2, 0.25) is 0 Å². The van der Waals surface area contributed by atoms with E-state index in [9.17, 15) is 0 Å². The zero-order valence-electron chi connectivity index (χ0n) is 12.8. The van der Waals surface area contributed by atoms with Gasteiger partial charge in [0, 0.05) is 41.9 Å². The molecule has 4 heteroatoms. The molecule has 116 valence electrons. The molecule has 0 radical (unpaired) electrons. The van der Waals surface area contributed by atoms with Crippen LogP contribution in [-0.4, -0.2) is 24.9 Å². The summed E-state index contributed by atoms with van der Waals surface area (Å²) in [5.41, 5.74) is 1.26. The minimum atomic E-state index is -0.0287. The number of hydrogen-bond donors (Lipinski definition) is 1. The molecule has 1 atom stereocenters. The number of rotatable bonds is 5. The van der Waals surface area contributed by atoms with E-state index < -0.39 is 0 Å². The predicted molar refractivity (Wildman–Crippen MR) is 87.8 cm³/mol. The summed E-state index contributed by atoms with van der Waals surface area (Å²) in [7, 11) is 0. The zero-order valence-corrected chi connectivity index (χ0v) is 14.4. The fourth-order valence-corrected chi connectivity index (χ4v) is 3.86. The Balaban J connectivity index is 1.79. The van der Waals surface area contributed by atoms with E-state index >= 15 is 0 Å². The van der Waals surface area contributed by atoms with Gasteiger partial charge in [-0.15, -0.1) is 0 Å². The van der Waals surface area contributed by atoms with Gasteiger partial charge in [-0.2, -0.15) is 0 Å². The maximum atomic E-state index is 6.37. The molecule has 0 amide bonds. The lowest BCUT2D eigenvalue weighted by atomic mass is 9.71. The molecule has 1 heterocycles. The zero-order chi connectivity index (χ0) is 14.9. The third kappa shape index (κ3) is 3.13. The van der Waals surface area contributed by atoms with Crippen LogP contribution in [0.15, 0.2) is 22.7 Å². The molecule has 2 aliphatic rings. The summed E-state index contributed by atoms with van der Waals surface area (Å²) in [6.07, 6.45) is 4.59. The van der Waals surface area contributed by atoms with Crippen LogP contribution in [0.5, 0.6) is 5.75 Å². The number of hydrogen-bond acceptors (Lipinski definition) is 3. The smallest absolute Gasteiger partial charge is 0.126 e. The van der Waals surface area contributed by atoms with E-state index in [-0.39, 0.29) is 5.60 Å². The molecule has 1 aliphatic carbocycles. The van der Waals surface area contributed by atoms with Gasteiger partial charge < -0.3 is 14.8 Å². The lowest BCUT2D eigenvalue weighted by molar-refractivity contribution is -0.135. The van der Waals surface area contributed by atoms with E-state index in [1.165, 1.54) is 5.56 Å². The van der Waals surface area contributed by atoms with Gasteiger partial charge in [0.15, 0.2) is 0 Å². The first-order chi connectivity index (χ1) is 10.2. The number of fused-ring (bicyclic) bond motifs is 1. The van der Waals surface area contributed by atoms with E-state index in [4.69, 9.17) is 9.47 Å². The van der Waals surface area contributed by atoms with Crippen molar-refractivity contribution in [3.63, 3.8) is 0 Å². The van der Waals surface area contributed by atoms with Crippen molar-refractivity contribution in [1.82, 2.24) is 5.32 Å². The Morgan fingerprint density at radius 1 is 1.33 bits per heavy atom. The summed E-state index contributed by atoms with van der Waals surface area (Å²) in [5, 5.41) is 3.68. The normalized spacial score (nSPS) is 30.6. The molecule has 0 saturated heterocycles. The van der Waals surface area contributed by atoms with E-state index in [0.29, 0.717) is 12.1 Å². The van der Waals surface area contributed by atoms with Crippen LogP contribution in [0.4, 0.5) is 0 Å². The van der Waals surface area contributed by atoms with Gasteiger partial charge in [-0.3, -0.25) is 0 Å². The topological polar surface area (TPSA) is 30.5 Å². The standard InChI is InChI=1S/C17H24BrNO2/c1-3-7-19-15-11-17(9-13(10-17)20-4-2)21-16-8-12(18)5-6-14(15)16/h5-6,8,13,15,19H,3-4,7,9-11H2,1-2H3. The Kier molecular flexibility index (Phi) is 4.57. The monoisotopic (exact) mass is 353 g/mol. The first-order valence-corrected chi connectivity index (χ1v) is 8.78. The highest BCUT2D eigenvalue weighted by Crippen LogP contribution is 2.50. The van der Waals surface area contributed by atoms with E-state index in [0.717, 1.165) is 49.1 Å². The van der Waals surface area contributed by atoms with Gasteiger partial charge in [0.2, 0.25) is 0 Å². The van der Waals surface area contributed by atoms with Crippen LogP contribution >= 0.6 is 15.9 Å². The summed E-state index contributed by atoms with van der Waals surface area (Å²) in [4.78, 5) is 0. The minimum Gasteiger partial charge on any atom is -0.487 e. The van der Waals surface area contributed by atoms with Gasteiger partial charge >= 0.3 is 0 Å². The maximum Gasteiger partial charge on any atom is 0.126 e. The molecule has 3 nitrogen and oxygen atoms in total. The molecule has 1 fully saturated rings. The first kappa shape index (κ1) is 15.3. The van der Waals surface area contributed by atoms with Crippen molar-refractivity contribution in [2.24, 2.45) is 0 Å². The fourth-order valence-electron chi connectivity index (χ4n) is 3.52. The second kappa shape index (κ2) is 6.27. The molecule has 3 rings (SSSR count). The number of halogens is 1. The lowest BCUT2D eigenvalue weighted by Crippen LogP contribution is -2.56. The van der Waals surface area contributed by atoms with Crippen LogP contribution in [-0.2, 0) is 4.74 Å². The lowest BCUT2D eigenvalue weighted by Gasteiger charge is -2.51. The Morgan fingerprint density at radius 2 is 2.14 bits per heavy atom. The van der Waals surface area contributed by atoms with Gasteiger partial charge in [-0.1, -0.05) is 28.9 Å². The summed E-state index contributed by atoms with van der Waals surface area (Å²) >= 11 is 3.55. The fraction of sp³-hybridized carbons (Fsp3) is 0.647. The van der Waals surface area contributed by atoms with Crippen LogP contribution in [0.1, 0.15) is 51.1 Å². The molecular formula is C17H24BrNO2. The molecule has 1 unspecified atom stereocenters. The van der Waals surface area contributed by atoms with E-state index in [2.05, 4.69) is 53.3 Å². The predicted octanol–water partition coefficient (Wildman–Crippen LogP) is 4.21. The highest BCUT2D eigenvalue weighted by atomic mass is 79.9. The second-order valence-corrected chi connectivity index (χ2v) is 7.08. The second-order valence-electron chi connectivity index (χ2n) is 6.16. The SMILES string of the molecule is CCCNC1CC2(CC(OCC)C2)Oc2cc(Br)ccc21. The number of benzene rings is 1. The van der Waals surface area contributed by atoms with Gasteiger partial charge in [0.25, 0.3) is 0 Å². The largest absolute Gasteiger partial charge is 0.487 e. The van der Waals surface area contributed by atoms with Crippen molar-refractivity contribution < 1.29 is 9.47 Å². The molecule has 0 bridgehead atoms. The molecule has 1 saturated carbocycles. The highest BCUT2D eigenvalue weighted by Gasteiger charge is 2.51. The van der Waals surface area contributed by atoms with E-state index in [1.54, 1.807) is 0 Å². The molecular weight excluding hydrogens is 330 g/mol. The van der Waals surface area contributed by atoms with Crippen LogP contribution in [0, 0.1) is 0 Å². The Labute approximate surface area is 135 Å². The Hall–Kier alpha value is -0.580. The third-order valence-electron chi connectivity index (χ3n) is 4.50. The molecule has 1 spiro atoms. The number of ether oxygens (including phenoxy) is 2. The molecule has 21 heavy (non-hydrogen) atoms. The van der Waals surface area contributed by atoms with Gasteiger partial charge in [-0.25, -0.2) is 0 Å². The van der Waals surface area contributed by atoms with Crippen LogP contribution < -0.4 is 10.1 Å². The summed E-state index contributed by atoms with van der Waals surface area (Å²) in [6, 6.07) is 6.78. The maximum absolute atomic E-state index is 6.37. The van der Waals surface area contributed by atoms with E-state index in [1.807, 2.05) is 0 Å². The van der Waals surface area contributed by atoms with Crippen molar-refractivity contribution in [2.75, 3.05) is 13.2 Å². The molecule has 1 aromatic carbocycles. The Bertz CT molecular complexity index is 500. The van der Waals surface area contributed by atoms with Gasteiger partial charge in [-0.05, 0) is 32.0 Å². The van der Waals surface area contributed by atoms with Crippen molar-refractivity contribution in [1.29, 1.82) is 0 Å². The average molecular weight is 354 g/mol. The molecule has 0 aromatic heterocycles. The third-order valence-corrected chi connectivity index (χ3v) is 4.99. The van der Waals surface area contributed by atoms with Crippen molar-refractivity contribution >= 4 is 15.9 Å². The molecule has 1 N–H and O–H groups in total. The summed E-state index contributed by atoms with van der Waals surface area (Å²) < 4.78 is 13.2. The minimum absolute atomic E-state index is 0.0287. The van der Waals surface area contributed by atoms with Crippen molar-refractivity contribution in [3.8, 4) is 5.75 Å². The molecule has 1 aromatic rings. The highest BCUT2D eigenvalue weighted by molar-refractivity contribution is 9.10. The van der Waals surface area contributed by atoms with Gasteiger partial charge in [0.1, 0.15) is 11.4 Å². The van der Waals surface area contributed by atoms with Crippen molar-refractivity contribution in [2.45, 2.75) is 57.3 Å². The first-order valence-electron chi connectivity index (χ1n) is 7.99.